The first-order chi connectivity index (χ1) is 12.6. The molecule has 2 heterocycles. The normalized spacial score (nSPS) is 30.7. The Hall–Kier alpha value is -1.95. The van der Waals surface area contributed by atoms with E-state index >= 15 is 0 Å². The van der Waals surface area contributed by atoms with Crippen LogP contribution < -0.4 is 5.32 Å². The number of aryl methyl sites for hydroxylation is 1. The molecule has 5 rings (SSSR count). The van der Waals surface area contributed by atoms with E-state index in [-0.39, 0.29) is 18.6 Å². The lowest BCUT2D eigenvalue weighted by Crippen LogP contribution is -2.45. The number of hydrogen-bond donors (Lipinski definition) is 2. The van der Waals surface area contributed by atoms with Gasteiger partial charge in [0.15, 0.2) is 0 Å². The van der Waals surface area contributed by atoms with Gasteiger partial charge in [0.2, 0.25) is 0 Å². The summed E-state index contributed by atoms with van der Waals surface area (Å²) in [6.45, 7) is 2.13. The highest BCUT2D eigenvalue weighted by molar-refractivity contribution is 6.06. The smallest absolute Gasteiger partial charge is 0.259 e. The topological polar surface area (TPSA) is 88.2 Å². The van der Waals surface area contributed by atoms with Gasteiger partial charge in [-0.2, -0.15) is 0 Å². The molecule has 1 amide bonds. The highest BCUT2D eigenvalue weighted by Crippen LogP contribution is 2.45. The van der Waals surface area contributed by atoms with Gasteiger partial charge < -0.3 is 14.9 Å². The number of nitrogens with one attached hydrogen (secondary N) is 1. The number of aliphatic hydroxyl groups excluding tert-OH is 1. The van der Waals surface area contributed by atoms with Crippen molar-refractivity contribution < 1.29 is 14.4 Å². The number of nitrogens with zero attached hydrogens (tertiary/aromatic N) is 2. The Balaban J connectivity index is 1.45. The summed E-state index contributed by atoms with van der Waals surface area (Å²) < 4.78 is 5.36. The highest BCUT2D eigenvalue weighted by Gasteiger charge is 2.43. The molecule has 3 saturated carbocycles. The Kier molecular flexibility index (Phi) is 3.78. The molecule has 2 aromatic rings. The number of pyridine rings is 1. The molecule has 0 spiro atoms. The van der Waals surface area contributed by atoms with Gasteiger partial charge in [-0.25, -0.2) is 4.98 Å². The van der Waals surface area contributed by atoms with Crippen LogP contribution in [0, 0.1) is 24.7 Å². The monoisotopic (exact) mass is 355 g/mol. The molecule has 3 aliphatic carbocycles. The van der Waals surface area contributed by atoms with E-state index in [0.29, 0.717) is 40.6 Å². The van der Waals surface area contributed by atoms with Crippen molar-refractivity contribution in [2.24, 2.45) is 17.8 Å². The maximum atomic E-state index is 13.2. The van der Waals surface area contributed by atoms with Gasteiger partial charge in [-0.1, -0.05) is 5.16 Å². The maximum Gasteiger partial charge on any atom is 0.259 e. The fourth-order valence-electron chi connectivity index (χ4n) is 5.15. The summed E-state index contributed by atoms with van der Waals surface area (Å²) in [6.07, 6.45) is 6.59. The van der Waals surface area contributed by atoms with E-state index in [2.05, 4.69) is 15.5 Å². The molecule has 26 heavy (non-hydrogen) atoms. The average molecular weight is 355 g/mol. The zero-order chi connectivity index (χ0) is 17.8. The van der Waals surface area contributed by atoms with E-state index in [1.54, 1.807) is 0 Å². The van der Waals surface area contributed by atoms with Crippen LogP contribution in [0.4, 0.5) is 0 Å². The van der Waals surface area contributed by atoms with Gasteiger partial charge in [0.05, 0.1) is 16.6 Å². The minimum atomic E-state index is -0.0325. The SMILES string of the molecule is Cc1noc2nc(C3CC3)cc(C(=O)NC3[C@@H]4CC[C@H]3CC(CO)C4)c12. The second kappa shape index (κ2) is 6.05. The first kappa shape index (κ1) is 16.2. The van der Waals surface area contributed by atoms with Crippen molar-refractivity contribution in [3.63, 3.8) is 0 Å². The first-order valence-corrected chi connectivity index (χ1v) is 9.82. The molecule has 0 radical (unpaired) electrons. The summed E-state index contributed by atoms with van der Waals surface area (Å²) in [5, 5.41) is 17.6. The average Bonchev–Trinajstić information content (AvgIpc) is 3.40. The quantitative estimate of drug-likeness (QED) is 0.880. The van der Waals surface area contributed by atoms with Gasteiger partial charge in [0.25, 0.3) is 11.6 Å². The number of amides is 1. The van der Waals surface area contributed by atoms with Crippen LogP contribution in [0.25, 0.3) is 11.1 Å². The van der Waals surface area contributed by atoms with Crippen molar-refractivity contribution in [2.45, 2.75) is 57.4 Å². The molecule has 6 heteroatoms. The number of hydrogen-bond acceptors (Lipinski definition) is 5. The Morgan fingerprint density at radius 2 is 2.00 bits per heavy atom. The van der Waals surface area contributed by atoms with Crippen LogP contribution in [0.1, 0.15) is 66.2 Å². The van der Waals surface area contributed by atoms with Crippen LogP contribution >= 0.6 is 0 Å². The van der Waals surface area contributed by atoms with E-state index in [0.717, 1.165) is 49.6 Å². The van der Waals surface area contributed by atoms with Crippen molar-refractivity contribution >= 4 is 17.0 Å². The molecule has 4 atom stereocenters. The molecule has 0 aromatic carbocycles. The molecule has 0 saturated heterocycles. The predicted octanol–water partition coefficient (Wildman–Crippen LogP) is 2.94. The zero-order valence-electron chi connectivity index (χ0n) is 15.1. The highest BCUT2D eigenvalue weighted by atomic mass is 16.5. The minimum Gasteiger partial charge on any atom is -0.396 e. The van der Waals surface area contributed by atoms with Crippen LogP contribution in [0.5, 0.6) is 0 Å². The first-order valence-electron chi connectivity index (χ1n) is 9.82. The molecule has 138 valence electrons. The molecular formula is C20H25N3O3. The number of aliphatic hydroxyl groups is 1. The third-order valence-corrected chi connectivity index (χ3v) is 6.63. The zero-order valence-corrected chi connectivity index (χ0v) is 15.1. The van der Waals surface area contributed by atoms with Crippen LogP contribution in [0.15, 0.2) is 10.6 Å². The molecule has 2 aromatic heterocycles. The fraction of sp³-hybridized carbons (Fsp3) is 0.650. The van der Waals surface area contributed by atoms with Crippen molar-refractivity contribution in [3.05, 3.63) is 23.0 Å². The number of fused-ring (bicyclic) bond motifs is 3. The molecule has 2 N–H and O–H groups in total. The molecule has 0 aliphatic heterocycles. The van der Waals surface area contributed by atoms with Crippen molar-refractivity contribution in [1.82, 2.24) is 15.5 Å². The lowest BCUT2D eigenvalue weighted by atomic mass is 9.77. The maximum absolute atomic E-state index is 13.2. The van der Waals surface area contributed by atoms with Crippen molar-refractivity contribution in [1.29, 1.82) is 0 Å². The van der Waals surface area contributed by atoms with Crippen LogP contribution in [-0.4, -0.2) is 33.8 Å². The third kappa shape index (κ3) is 2.62. The van der Waals surface area contributed by atoms with Gasteiger partial charge in [0.1, 0.15) is 0 Å². The Labute approximate surface area is 152 Å². The minimum absolute atomic E-state index is 0.0325. The van der Waals surface area contributed by atoms with Gasteiger partial charge in [-0.3, -0.25) is 4.79 Å². The Bertz CT molecular complexity index is 843. The van der Waals surface area contributed by atoms with E-state index in [9.17, 15) is 9.90 Å². The summed E-state index contributed by atoms with van der Waals surface area (Å²) in [4.78, 5) is 17.8. The van der Waals surface area contributed by atoms with Crippen molar-refractivity contribution in [3.8, 4) is 0 Å². The Morgan fingerprint density at radius 3 is 2.65 bits per heavy atom. The summed E-state index contributed by atoms with van der Waals surface area (Å²) in [5.74, 6) is 1.79. The van der Waals surface area contributed by atoms with E-state index < -0.39 is 0 Å². The van der Waals surface area contributed by atoms with Gasteiger partial charge in [0, 0.05) is 24.3 Å². The molecule has 3 fully saturated rings. The lowest BCUT2D eigenvalue weighted by Gasteiger charge is -2.35. The third-order valence-electron chi connectivity index (χ3n) is 6.63. The molecule has 2 bridgehead atoms. The molecule has 6 nitrogen and oxygen atoms in total. The number of carbonyl (C=O) groups is 1. The van der Waals surface area contributed by atoms with Crippen molar-refractivity contribution in [2.75, 3.05) is 6.61 Å². The second-order valence-corrected chi connectivity index (χ2v) is 8.43. The number of rotatable bonds is 4. The predicted molar refractivity (Wildman–Crippen MR) is 95.8 cm³/mol. The summed E-state index contributed by atoms with van der Waals surface area (Å²) in [7, 11) is 0. The van der Waals surface area contributed by atoms with E-state index in [4.69, 9.17) is 4.52 Å². The van der Waals surface area contributed by atoms with E-state index in [1.165, 1.54) is 0 Å². The fourth-order valence-corrected chi connectivity index (χ4v) is 5.15. The largest absolute Gasteiger partial charge is 0.396 e. The van der Waals surface area contributed by atoms with Crippen LogP contribution in [0.3, 0.4) is 0 Å². The molecular weight excluding hydrogens is 330 g/mol. The summed E-state index contributed by atoms with van der Waals surface area (Å²) in [6, 6.07) is 2.17. The molecule has 3 aliphatic rings. The van der Waals surface area contributed by atoms with Gasteiger partial charge in [-0.15, -0.1) is 0 Å². The Morgan fingerprint density at radius 1 is 1.27 bits per heavy atom. The standard InChI is InChI=1S/C20H25N3O3/c1-10-17-15(8-16(12-2-3-12)21-20(17)26-23-10)19(25)22-18-13-4-5-14(18)7-11(6-13)9-24/h8,11-14,18,24H,2-7,9H2,1H3,(H,22,25)/t11?,13-,14+,18?. The molecule has 2 unspecified atom stereocenters. The summed E-state index contributed by atoms with van der Waals surface area (Å²) in [5.41, 5.74) is 2.79. The number of aromatic nitrogens is 2. The van der Waals surface area contributed by atoms with Crippen LogP contribution in [-0.2, 0) is 0 Å². The second-order valence-electron chi connectivity index (χ2n) is 8.43. The van der Waals surface area contributed by atoms with Gasteiger partial charge >= 0.3 is 0 Å². The van der Waals surface area contributed by atoms with Gasteiger partial charge in [-0.05, 0) is 69.3 Å². The summed E-state index contributed by atoms with van der Waals surface area (Å²) >= 11 is 0. The number of carbonyl (C=O) groups excluding carboxylic acids is 1. The lowest BCUT2D eigenvalue weighted by molar-refractivity contribution is 0.0850. The van der Waals surface area contributed by atoms with E-state index in [1.807, 2.05) is 13.0 Å². The van der Waals surface area contributed by atoms with Crippen LogP contribution in [0.2, 0.25) is 0 Å².